The summed E-state index contributed by atoms with van der Waals surface area (Å²) in [6, 6.07) is 9.74. The van der Waals surface area contributed by atoms with E-state index >= 15 is 0 Å². The molecule has 0 spiro atoms. The molecular weight excluding hydrogens is 234 g/mol. The van der Waals surface area contributed by atoms with Crippen LogP contribution in [0.25, 0.3) is 0 Å². The number of nitrogens with one attached hydrogen (secondary N) is 1. The number of hydrogen-bond donors (Lipinski definition) is 1. The van der Waals surface area contributed by atoms with Gasteiger partial charge in [-0.2, -0.15) is 0 Å². The van der Waals surface area contributed by atoms with Gasteiger partial charge in [-0.3, -0.25) is 4.79 Å². The first kappa shape index (κ1) is 15.3. The fraction of sp³-hybridized carbons (Fsp3) is 0.471. The second kappa shape index (κ2) is 7.63. The third kappa shape index (κ3) is 4.13. The Morgan fingerprint density at radius 3 is 2.37 bits per heavy atom. The lowest BCUT2D eigenvalue weighted by Gasteiger charge is -2.24. The minimum Gasteiger partial charge on any atom is -0.342 e. The molecule has 1 rings (SSSR count). The van der Waals surface area contributed by atoms with Crippen LogP contribution in [0.3, 0.4) is 0 Å². The summed E-state index contributed by atoms with van der Waals surface area (Å²) >= 11 is 0. The number of hydrogen-bond acceptors (Lipinski definition) is 1. The van der Waals surface area contributed by atoms with E-state index in [0.717, 1.165) is 18.4 Å². The van der Waals surface area contributed by atoms with Crippen LogP contribution in [-0.4, -0.2) is 11.9 Å². The van der Waals surface area contributed by atoms with E-state index in [1.54, 1.807) is 0 Å². The molecule has 0 fully saturated rings. The molecule has 1 aromatic rings. The summed E-state index contributed by atoms with van der Waals surface area (Å²) < 4.78 is 0. The van der Waals surface area contributed by atoms with Crippen LogP contribution in [0.1, 0.15) is 45.1 Å². The molecule has 2 heteroatoms. The smallest absolute Gasteiger partial charge is 0.228 e. The molecule has 0 aliphatic heterocycles. The van der Waals surface area contributed by atoms with Gasteiger partial charge in [-0.05, 0) is 17.9 Å². The Morgan fingerprint density at radius 1 is 1.26 bits per heavy atom. The lowest BCUT2D eigenvalue weighted by atomic mass is 9.84. The van der Waals surface area contributed by atoms with Gasteiger partial charge in [-0.1, -0.05) is 63.4 Å². The Hall–Kier alpha value is -1.75. The summed E-state index contributed by atoms with van der Waals surface area (Å²) in [4.78, 5) is 12.5. The molecule has 1 amide bonds. The molecular formula is C17H23NO. The molecule has 0 saturated carbocycles. The van der Waals surface area contributed by atoms with Crippen LogP contribution in [0.4, 0.5) is 0 Å². The molecule has 2 nitrogen and oxygen atoms in total. The molecule has 3 unspecified atom stereocenters. The molecule has 19 heavy (non-hydrogen) atoms. The third-order valence-corrected chi connectivity index (χ3v) is 3.58. The first-order valence-electron chi connectivity index (χ1n) is 6.95. The lowest BCUT2D eigenvalue weighted by Crippen LogP contribution is -2.38. The van der Waals surface area contributed by atoms with E-state index < -0.39 is 0 Å². The maximum atomic E-state index is 12.5. The Kier molecular flexibility index (Phi) is 6.15. The first-order chi connectivity index (χ1) is 9.13. The number of amides is 1. The molecule has 0 radical (unpaired) electrons. The van der Waals surface area contributed by atoms with Crippen LogP contribution in [0.15, 0.2) is 30.3 Å². The minimum atomic E-state index is -0.178. The third-order valence-electron chi connectivity index (χ3n) is 3.58. The van der Waals surface area contributed by atoms with E-state index in [0.29, 0.717) is 0 Å². The van der Waals surface area contributed by atoms with E-state index in [4.69, 9.17) is 6.42 Å². The summed E-state index contributed by atoms with van der Waals surface area (Å²) in [6.45, 7) is 6.19. The van der Waals surface area contributed by atoms with Crippen molar-refractivity contribution in [3.63, 3.8) is 0 Å². The minimum absolute atomic E-state index is 0.0327. The molecule has 1 aromatic carbocycles. The fourth-order valence-corrected chi connectivity index (χ4v) is 2.16. The number of benzene rings is 1. The van der Waals surface area contributed by atoms with E-state index in [-0.39, 0.29) is 23.8 Å². The van der Waals surface area contributed by atoms with Crippen LogP contribution in [0, 0.1) is 18.3 Å². The molecule has 0 saturated heterocycles. The standard InChI is InChI=1S/C17H23NO/c1-5-13(4)16(14-11-9-8-10-12-14)17(19)18-15(6-2)7-3/h2,8-13,15-16H,5,7H2,1,3-4H3,(H,18,19). The van der Waals surface area contributed by atoms with E-state index in [9.17, 15) is 4.79 Å². The van der Waals surface area contributed by atoms with Crippen molar-refractivity contribution in [1.82, 2.24) is 5.32 Å². The maximum absolute atomic E-state index is 12.5. The van der Waals surface area contributed by atoms with Crippen LogP contribution in [0.5, 0.6) is 0 Å². The normalized spacial score (nSPS) is 15.1. The van der Waals surface area contributed by atoms with Gasteiger partial charge >= 0.3 is 0 Å². The SMILES string of the molecule is C#CC(CC)NC(=O)C(c1ccccc1)C(C)CC. The van der Waals surface area contributed by atoms with Crippen molar-refractivity contribution in [2.24, 2.45) is 5.92 Å². The highest BCUT2D eigenvalue weighted by molar-refractivity contribution is 5.84. The summed E-state index contributed by atoms with van der Waals surface area (Å²) in [5, 5.41) is 2.96. The van der Waals surface area contributed by atoms with Gasteiger partial charge in [0.1, 0.15) is 0 Å². The molecule has 3 atom stereocenters. The fourth-order valence-electron chi connectivity index (χ4n) is 2.16. The molecule has 0 aliphatic rings. The van der Waals surface area contributed by atoms with Gasteiger partial charge in [-0.15, -0.1) is 6.42 Å². The summed E-state index contributed by atoms with van der Waals surface area (Å²) in [5.41, 5.74) is 1.06. The van der Waals surface area contributed by atoms with Crippen molar-refractivity contribution in [1.29, 1.82) is 0 Å². The van der Waals surface area contributed by atoms with Gasteiger partial charge < -0.3 is 5.32 Å². The van der Waals surface area contributed by atoms with Gasteiger partial charge in [0.15, 0.2) is 0 Å². The molecule has 0 bridgehead atoms. The molecule has 0 heterocycles. The van der Waals surface area contributed by atoms with Crippen molar-refractivity contribution < 1.29 is 4.79 Å². The monoisotopic (exact) mass is 257 g/mol. The molecule has 102 valence electrons. The predicted octanol–water partition coefficient (Wildman–Crippen LogP) is 3.34. The summed E-state index contributed by atoms with van der Waals surface area (Å²) in [5.74, 6) is 2.81. The Labute approximate surface area is 116 Å². The molecule has 0 aliphatic carbocycles. The van der Waals surface area contributed by atoms with Gasteiger partial charge in [0, 0.05) is 0 Å². The van der Waals surface area contributed by atoms with E-state index in [1.165, 1.54) is 0 Å². The number of carbonyl (C=O) groups excluding carboxylic acids is 1. The van der Waals surface area contributed by atoms with Crippen LogP contribution in [0.2, 0.25) is 0 Å². The van der Waals surface area contributed by atoms with Gasteiger partial charge in [0.05, 0.1) is 12.0 Å². The zero-order chi connectivity index (χ0) is 14.3. The van der Waals surface area contributed by atoms with Crippen LogP contribution >= 0.6 is 0 Å². The number of carbonyl (C=O) groups is 1. The second-order valence-electron chi connectivity index (χ2n) is 4.91. The van der Waals surface area contributed by atoms with Gasteiger partial charge in [0.25, 0.3) is 0 Å². The Balaban J connectivity index is 2.93. The van der Waals surface area contributed by atoms with E-state index in [1.807, 2.05) is 37.3 Å². The number of rotatable bonds is 6. The first-order valence-corrected chi connectivity index (χ1v) is 6.95. The quantitative estimate of drug-likeness (QED) is 0.778. The Morgan fingerprint density at radius 2 is 1.89 bits per heavy atom. The average Bonchev–Trinajstić information content (AvgIpc) is 2.45. The largest absolute Gasteiger partial charge is 0.342 e. The van der Waals surface area contributed by atoms with Gasteiger partial charge in [-0.25, -0.2) is 0 Å². The average molecular weight is 257 g/mol. The highest BCUT2D eigenvalue weighted by Gasteiger charge is 2.26. The zero-order valence-corrected chi connectivity index (χ0v) is 12.0. The predicted molar refractivity (Wildman–Crippen MR) is 79.7 cm³/mol. The Bertz CT molecular complexity index is 432. The summed E-state index contributed by atoms with van der Waals surface area (Å²) in [6.07, 6.45) is 7.13. The number of terminal acetylenes is 1. The lowest BCUT2D eigenvalue weighted by molar-refractivity contribution is -0.124. The second-order valence-corrected chi connectivity index (χ2v) is 4.91. The zero-order valence-electron chi connectivity index (χ0n) is 12.0. The molecule has 0 aromatic heterocycles. The van der Waals surface area contributed by atoms with Crippen molar-refractivity contribution in [2.75, 3.05) is 0 Å². The van der Waals surface area contributed by atoms with Gasteiger partial charge in [0.2, 0.25) is 5.91 Å². The van der Waals surface area contributed by atoms with E-state index in [2.05, 4.69) is 25.1 Å². The van der Waals surface area contributed by atoms with Crippen LogP contribution < -0.4 is 5.32 Å². The molecule has 1 N–H and O–H groups in total. The van der Waals surface area contributed by atoms with Crippen LogP contribution in [-0.2, 0) is 4.79 Å². The van der Waals surface area contributed by atoms with Crippen molar-refractivity contribution in [3.8, 4) is 12.3 Å². The maximum Gasteiger partial charge on any atom is 0.228 e. The topological polar surface area (TPSA) is 29.1 Å². The highest BCUT2D eigenvalue weighted by atomic mass is 16.1. The van der Waals surface area contributed by atoms with Crippen molar-refractivity contribution >= 4 is 5.91 Å². The highest BCUT2D eigenvalue weighted by Crippen LogP contribution is 2.27. The van der Waals surface area contributed by atoms with Crippen molar-refractivity contribution in [2.45, 2.75) is 45.6 Å². The summed E-state index contributed by atoms with van der Waals surface area (Å²) in [7, 11) is 0. The van der Waals surface area contributed by atoms with Crippen molar-refractivity contribution in [3.05, 3.63) is 35.9 Å².